The number of rotatable bonds is 6. The van der Waals surface area contributed by atoms with E-state index in [1.807, 2.05) is 29.5 Å². The summed E-state index contributed by atoms with van der Waals surface area (Å²) in [6.07, 6.45) is 0.983. The molecule has 0 aromatic carbocycles. The Bertz CT molecular complexity index is 660. The molecule has 5 nitrogen and oxygen atoms in total. The third-order valence-electron chi connectivity index (χ3n) is 3.34. The van der Waals surface area contributed by atoms with Crippen molar-refractivity contribution in [3.8, 4) is 5.88 Å². The van der Waals surface area contributed by atoms with Gasteiger partial charge in [0.25, 0.3) is 0 Å². The van der Waals surface area contributed by atoms with Crippen molar-refractivity contribution in [3.05, 3.63) is 45.8 Å². The molecule has 2 rings (SSSR count). The Balaban J connectivity index is 0.00000288. The number of thiophene rings is 1. The van der Waals surface area contributed by atoms with Crippen LogP contribution in [0.1, 0.15) is 22.4 Å². The molecule has 0 bridgehead atoms. The smallest absolute Gasteiger partial charge is 0.213 e. The second kappa shape index (κ2) is 10.5. The fourth-order valence-electron chi connectivity index (χ4n) is 2.22. The van der Waals surface area contributed by atoms with E-state index in [9.17, 15) is 0 Å². The number of hydrogen-bond donors (Lipinski definition) is 2. The number of aromatic nitrogens is 1. The standard InChI is InChI=1S/C17H24N4OS.HI/c1-12(10-15-9-8-13(2)23-15)20-17(18-3)19-11-14-6-5-7-16(21-14)22-4;/h5-9,12H,10-11H2,1-4H3,(H2,18,19,20);1H. The lowest BCUT2D eigenvalue weighted by molar-refractivity contribution is 0.396. The number of guanidine groups is 1. The highest BCUT2D eigenvalue weighted by Crippen LogP contribution is 2.16. The summed E-state index contributed by atoms with van der Waals surface area (Å²) in [4.78, 5) is 11.4. The number of nitrogens with one attached hydrogen (secondary N) is 2. The molecule has 132 valence electrons. The molecule has 1 atom stereocenters. The van der Waals surface area contributed by atoms with E-state index in [4.69, 9.17) is 4.74 Å². The Hall–Kier alpha value is -1.35. The molecular weight excluding hydrogens is 435 g/mol. The number of methoxy groups -OCH3 is 1. The lowest BCUT2D eigenvalue weighted by Crippen LogP contribution is -2.42. The van der Waals surface area contributed by atoms with E-state index in [-0.39, 0.29) is 24.0 Å². The molecule has 24 heavy (non-hydrogen) atoms. The van der Waals surface area contributed by atoms with Gasteiger partial charge in [-0.25, -0.2) is 4.98 Å². The molecule has 2 aromatic heterocycles. The third-order valence-corrected chi connectivity index (χ3v) is 4.36. The maximum absolute atomic E-state index is 5.14. The van der Waals surface area contributed by atoms with Crippen LogP contribution < -0.4 is 15.4 Å². The molecule has 0 saturated carbocycles. The highest BCUT2D eigenvalue weighted by atomic mass is 127. The molecule has 2 aromatic rings. The summed E-state index contributed by atoms with van der Waals surface area (Å²) in [6, 6.07) is 10.4. The van der Waals surface area contributed by atoms with Gasteiger partial charge in [-0.15, -0.1) is 35.3 Å². The normalized spacial score (nSPS) is 12.2. The van der Waals surface area contributed by atoms with Crippen LogP contribution in [0.3, 0.4) is 0 Å². The molecule has 0 radical (unpaired) electrons. The highest BCUT2D eigenvalue weighted by molar-refractivity contribution is 14.0. The van der Waals surface area contributed by atoms with Gasteiger partial charge in [0.05, 0.1) is 19.3 Å². The van der Waals surface area contributed by atoms with Crippen molar-refractivity contribution in [3.63, 3.8) is 0 Å². The van der Waals surface area contributed by atoms with Crippen LogP contribution in [0.2, 0.25) is 0 Å². The summed E-state index contributed by atoms with van der Waals surface area (Å²) < 4.78 is 5.14. The zero-order chi connectivity index (χ0) is 16.7. The molecular formula is C17H25IN4OS. The van der Waals surface area contributed by atoms with Crippen LogP contribution in [-0.4, -0.2) is 31.1 Å². The predicted molar refractivity (Wildman–Crippen MR) is 112 cm³/mol. The lowest BCUT2D eigenvalue weighted by Gasteiger charge is -2.17. The van der Waals surface area contributed by atoms with Crippen molar-refractivity contribution < 1.29 is 4.74 Å². The summed E-state index contributed by atoms with van der Waals surface area (Å²) in [5.41, 5.74) is 0.911. The minimum absolute atomic E-state index is 0. The first-order valence-corrected chi connectivity index (χ1v) is 8.44. The van der Waals surface area contributed by atoms with E-state index in [2.05, 4.69) is 46.6 Å². The van der Waals surface area contributed by atoms with E-state index in [0.29, 0.717) is 18.5 Å². The van der Waals surface area contributed by atoms with E-state index >= 15 is 0 Å². The number of nitrogens with zero attached hydrogens (tertiary/aromatic N) is 2. The highest BCUT2D eigenvalue weighted by Gasteiger charge is 2.08. The van der Waals surface area contributed by atoms with Crippen molar-refractivity contribution in [2.45, 2.75) is 32.9 Å². The van der Waals surface area contributed by atoms with Crippen LogP contribution in [-0.2, 0) is 13.0 Å². The van der Waals surface area contributed by atoms with Gasteiger partial charge in [0.15, 0.2) is 5.96 Å². The SMILES string of the molecule is CN=C(NCc1cccc(OC)n1)NC(C)Cc1ccc(C)s1.I. The quantitative estimate of drug-likeness (QED) is 0.394. The average Bonchev–Trinajstić information content (AvgIpc) is 2.96. The van der Waals surface area contributed by atoms with Gasteiger partial charge in [0.2, 0.25) is 5.88 Å². The number of aliphatic imine (C=N–C) groups is 1. The largest absolute Gasteiger partial charge is 0.481 e. The summed E-state index contributed by atoms with van der Waals surface area (Å²) >= 11 is 1.84. The molecule has 0 saturated heterocycles. The van der Waals surface area contributed by atoms with Crippen LogP contribution in [0, 0.1) is 6.92 Å². The lowest BCUT2D eigenvalue weighted by atomic mass is 10.2. The van der Waals surface area contributed by atoms with Gasteiger partial charge < -0.3 is 15.4 Å². The molecule has 1 unspecified atom stereocenters. The summed E-state index contributed by atoms with van der Waals surface area (Å²) in [7, 11) is 3.39. The number of hydrogen-bond acceptors (Lipinski definition) is 4. The summed E-state index contributed by atoms with van der Waals surface area (Å²) in [6.45, 7) is 4.89. The predicted octanol–water partition coefficient (Wildman–Crippen LogP) is 3.37. The second-order valence-electron chi connectivity index (χ2n) is 5.36. The number of ether oxygens (including phenoxy) is 1. The third kappa shape index (κ3) is 6.64. The van der Waals surface area contributed by atoms with Gasteiger partial charge in [0.1, 0.15) is 0 Å². The maximum Gasteiger partial charge on any atom is 0.213 e. The Morgan fingerprint density at radius 3 is 2.75 bits per heavy atom. The molecule has 0 aliphatic rings. The fraction of sp³-hybridized carbons (Fsp3) is 0.412. The van der Waals surface area contributed by atoms with Gasteiger partial charge in [0, 0.05) is 35.3 Å². The van der Waals surface area contributed by atoms with Crippen molar-refractivity contribution in [1.82, 2.24) is 15.6 Å². The monoisotopic (exact) mass is 460 g/mol. The maximum atomic E-state index is 5.14. The first kappa shape index (κ1) is 20.7. The van der Waals surface area contributed by atoms with Crippen molar-refractivity contribution >= 4 is 41.3 Å². The van der Waals surface area contributed by atoms with Crippen molar-refractivity contribution in [2.24, 2.45) is 4.99 Å². The Morgan fingerprint density at radius 1 is 1.33 bits per heavy atom. The van der Waals surface area contributed by atoms with Crippen molar-refractivity contribution in [1.29, 1.82) is 0 Å². The molecule has 0 aliphatic heterocycles. The zero-order valence-corrected chi connectivity index (χ0v) is 17.6. The molecule has 2 N–H and O–H groups in total. The first-order valence-electron chi connectivity index (χ1n) is 7.63. The van der Waals surface area contributed by atoms with Crippen LogP contribution >= 0.6 is 35.3 Å². The average molecular weight is 460 g/mol. The molecule has 2 heterocycles. The van der Waals surface area contributed by atoms with Crippen LogP contribution in [0.4, 0.5) is 0 Å². The number of pyridine rings is 1. The fourth-order valence-corrected chi connectivity index (χ4v) is 3.24. The van der Waals surface area contributed by atoms with Gasteiger partial charge in [-0.2, -0.15) is 0 Å². The van der Waals surface area contributed by atoms with Gasteiger partial charge in [-0.1, -0.05) is 6.07 Å². The minimum Gasteiger partial charge on any atom is -0.481 e. The first-order chi connectivity index (χ1) is 11.1. The number of halogens is 1. The van der Waals surface area contributed by atoms with E-state index in [0.717, 1.165) is 18.1 Å². The van der Waals surface area contributed by atoms with Gasteiger partial charge >= 0.3 is 0 Å². The Morgan fingerprint density at radius 2 is 2.12 bits per heavy atom. The van der Waals surface area contributed by atoms with Crippen LogP contribution in [0.25, 0.3) is 0 Å². The summed E-state index contributed by atoms with van der Waals surface area (Å²) in [5.74, 6) is 1.39. The Labute approximate surface area is 165 Å². The minimum atomic E-state index is 0. The summed E-state index contributed by atoms with van der Waals surface area (Å²) in [5, 5.41) is 6.69. The zero-order valence-electron chi connectivity index (χ0n) is 14.5. The van der Waals surface area contributed by atoms with E-state index < -0.39 is 0 Å². The van der Waals surface area contributed by atoms with Crippen molar-refractivity contribution in [2.75, 3.05) is 14.2 Å². The number of aryl methyl sites for hydroxylation is 1. The Kier molecular flexibility index (Phi) is 9.05. The molecule has 0 spiro atoms. The van der Waals surface area contributed by atoms with E-state index in [1.54, 1.807) is 14.2 Å². The van der Waals surface area contributed by atoms with E-state index in [1.165, 1.54) is 9.75 Å². The van der Waals surface area contributed by atoms with Gasteiger partial charge in [-0.3, -0.25) is 4.99 Å². The molecule has 0 amide bonds. The molecule has 0 aliphatic carbocycles. The van der Waals surface area contributed by atoms with Crippen LogP contribution in [0.5, 0.6) is 5.88 Å². The van der Waals surface area contributed by atoms with Gasteiger partial charge in [-0.05, 0) is 32.0 Å². The topological polar surface area (TPSA) is 58.5 Å². The van der Waals surface area contributed by atoms with Crippen LogP contribution in [0.15, 0.2) is 35.3 Å². The molecule has 7 heteroatoms. The second-order valence-corrected chi connectivity index (χ2v) is 6.73. The molecule has 0 fully saturated rings.